The van der Waals surface area contributed by atoms with E-state index in [9.17, 15) is 14.7 Å². The van der Waals surface area contributed by atoms with E-state index in [0.717, 1.165) is 30.6 Å². The number of rotatable bonds is 13. The zero-order valence-corrected chi connectivity index (χ0v) is 20.8. The Morgan fingerprint density at radius 2 is 1.66 bits per heavy atom. The number of aliphatic hydroxyl groups excluding tert-OH is 1. The highest BCUT2D eigenvalue weighted by atomic mass is 16.5. The molecule has 1 heterocycles. The van der Waals surface area contributed by atoms with Gasteiger partial charge in [0.05, 0.1) is 24.8 Å². The third-order valence-electron chi connectivity index (χ3n) is 5.83. The largest absolute Gasteiger partial charge is 0.507 e. The van der Waals surface area contributed by atoms with Gasteiger partial charge in [0.1, 0.15) is 17.3 Å². The molecular weight excluding hydrogens is 446 g/mol. The molecule has 1 aliphatic rings. The van der Waals surface area contributed by atoms with Crippen molar-refractivity contribution < 1.29 is 28.9 Å². The van der Waals surface area contributed by atoms with Gasteiger partial charge in [-0.3, -0.25) is 9.59 Å². The Morgan fingerprint density at radius 1 is 0.914 bits per heavy atom. The Balaban J connectivity index is 2.00. The summed E-state index contributed by atoms with van der Waals surface area (Å²) in [5, 5.41) is 11.3. The minimum Gasteiger partial charge on any atom is -0.507 e. The number of likely N-dealkylation sites (tertiary alicyclic amines) is 1. The Labute approximate surface area is 207 Å². The zero-order chi connectivity index (χ0) is 25.2. The number of nitrogens with zero attached hydrogens (tertiary/aromatic N) is 1. The van der Waals surface area contributed by atoms with E-state index in [0.29, 0.717) is 44.1 Å². The summed E-state index contributed by atoms with van der Waals surface area (Å²) < 4.78 is 16.6. The molecule has 1 aliphatic heterocycles. The van der Waals surface area contributed by atoms with Crippen molar-refractivity contribution >= 4 is 17.4 Å². The van der Waals surface area contributed by atoms with Gasteiger partial charge in [0.2, 0.25) is 0 Å². The Kier molecular flexibility index (Phi) is 9.73. The van der Waals surface area contributed by atoms with Gasteiger partial charge in [-0.05, 0) is 49.1 Å². The fourth-order valence-electron chi connectivity index (χ4n) is 4.03. The van der Waals surface area contributed by atoms with Crippen LogP contribution in [0.25, 0.3) is 5.76 Å². The lowest BCUT2D eigenvalue weighted by Gasteiger charge is -2.25. The molecule has 2 aromatic carbocycles. The minimum absolute atomic E-state index is 0.0692. The van der Waals surface area contributed by atoms with Crippen molar-refractivity contribution in [2.24, 2.45) is 0 Å². The summed E-state index contributed by atoms with van der Waals surface area (Å²) in [6.07, 6.45) is 3.42. The third kappa shape index (κ3) is 6.42. The van der Waals surface area contributed by atoms with Gasteiger partial charge in [0.25, 0.3) is 11.7 Å². The van der Waals surface area contributed by atoms with Gasteiger partial charge < -0.3 is 24.2 Å². The van der Waals surface area contributed by atoms with Gasteiger partial charge in [-0.25, -0.2) is 0 Å². The number of aliphatic hydroxyl groups is 1. The minimum atomic E-state index is -0.711. The Hall–Kier alpha value is -3.32. The number of amides is 1. The van der Waals surface area contributed by atoms with Crippen molar-refractivity contribution in [3.05, 3.63) is 65.2 Å². The van der Waals surface area contributed by atoms with E-state index < -0.39 is 17.7 Å². The quantitative estimate of drug-likeness (QED) is 0.185. The fraction of sp³-hybridized carbons (Fsp3) is 0.429. The average Bonchev–Trinajstić information content (AvgIpc) is 3.13. The number of hydrogen-bond acceptors (Lipinski definition) is 6. The second kappa shape index (κ2) is 13.0. The van der Waals surface area contributed by atoms with Crippen molar-refractivity contribution in [3.63, 3.8) is 0 Å². The van der Waals surface area contributed by atoms with Crippen LogP contribution < -0.4 is 9.47 Å². The second-order valence-electron chi connectivity index (χ2n) is 8.49. The summed E-state index contributed by atoms with van der Waals surface area (Å²) in [6, 6.07) is 13.6. The molecule has 0 bridgehead atoms. The molecule has 1 unspecified atom stereocenters. The van der Waals surface area contributed by atoms with Crippen LogP contribution in [0.4, 0.5) is 0 Å². The lowest BCUT2D eigenvalue weighted by Crippen LogP contribution is -2.31. The smallest absolute Gasteiger partial charge is 0.295 e. The molecule has 0 aliphatic carbocycles. The molecule has 0 aromatic heterocycles. The predicted molar refractivity (Wildman–Crippen MR) is 135 cm³/mol. The van der Waals surface area contributed by atoms with E-state index in [-0.39, 0.29) is 11.3 Å². The van der Waals surface area contributed by atoms with Gasteiger partial charge in [0.15, 0.2) is 0 Å². The van der Waals surface area contributed by atoms with E-state index >= 15 is 0 Å². The van der Waals surface area contributed by atoms with Crippen LogP contribution in [0, 0.1) is 0 Å². The van der Waals surface area contributed by atoms with Crippen LogP contribution in [0.15, 0.2) is 54.1 Å². The number of ketones is 1. The van der Waals surface area contributed by atoms with Crippen molar-refractivity contribution in [2.75, 3.05) is 33.5 Å². The summed E-state index contributed by atoms with van der Waals surface area (Å²) >= 11 is 0. The monoisotopic (exact) mass is 481 g/mol. The van der Waals surface area contributed by atoms with Crippen LogP contribution in [0.3, 0.4) is 0 Å². The molecule has 0 saturated carbocycles. The average molecular weight is 482 g/mol. The highest BCUT2D eigenvalue weighted by Crippen LogP contribution is 2.40. The third-order valence-corrected chi connectivity index (χ3v) is 5.83. The maximum absolute atomic E-state index is 13.1. The molecule has 7 heteroatoms. The number of carbonyl (C=O) groups excluding carboxylic acids is 2. The molecule has 1 saturated heterocycles. The Morgan fingerprint density at radius 3 is 2.34 bits per heavy atom. The number of benzene rings is 2. The van der Waals surface area contributed by atoms with Gasteiger partial charge >= 0.3 is 0 Å². The maximum atomic E-state index is 13.1. The molecule has 2 aromatic rings. The molecule has 188 valence electrons. The first-order valence-electron chi connectivity index (χ1n) is 12.2. The molecular formula is C28H35NO6. The topological polar surface area (TPSA) is 85.3 Å². The van der Waals surface area contributed by atoms with Crippen molar-refractivity contribution in [1.29, 1.82) is 0 Å². The van der Waals surface area contributed by atoms with Gasteiger partial charge in [-0.15, -0.1) is 0 Å². The molecule has 1 atom stereocenters. The van der Waals surface area contributed by atoms with Crippen LogP contribution in [-0.2, 0) is 14.3 Å². The van der Waals surface area contributed by atoms with Crippen LogP contribution in [0.5, 0.6) is 11.5 Å². The number of methoxy groups -OCH3 is 1. The molecule has 1 fully saturated rings. The van der Waals surface area contributed by atoms with Crippen LogP contribution >= 0.6 is 0 Å². The van der Waals surface area contributed by atoms with Gasteiger partial charge in [-0.2, -0.15) is 0 Å². The maximum Gasteiger partial charge on any atom is 0.295 e. The summed E-state index contributed by atoms with van der Waals surface area (Å²) in [5.74, 6) is -0.232. The highest BCUT2D eigenvalue weighted by molar-refractivity contribution is 6.46. The lowest BCUT2D eigenvalue weighted by atomic mass is 9.95. The molecule has 3 rings (SSSR count). The molecule has 1 amide bonds. The summed E-state index contributed by atoms with van der Waals surface area (Å²) in [4.78, 5) is 27.7. The molecule has 7 nitrogen and oxygen atoms in total. The Bertz CT molecular complexity index is 1030. The van der Waals surface area contributed by atoms with E-state index in [1.54, 1.807) is 31.4 Å². The van der Waals surface area contributed by atoms with E-state index in [1.165, 1.54) is 4.90 Å². The van der Waals surface area contributed by atoms with Crippen molar-refractivity contribution in [1.82, 2.24) is 4.90 Å². The molecule has 35 heavy (non-hydrogen) atoms. The molecule has 0 radical (unpaired) electrons. The summed E-state index contributed by atoms with van der Waals surface area (Å²) in [5.41, 5.74) is 1.22. The standard InChI is InChI=1S/C28H35NO6/c1-4-6-18-35-22-13-11-20(12-14-22)25-24(27(31)28(32)29(25)15-8-17-33-3)26(30)21-9-7-10-23(19-21)34-16-5-2/h7,9-14,19,25,30H,4-6,8,15-18H2,1-3H3/b26-24+. The van der Waals surface area contributed by atoms with Gasteiger partial charge in [0, 0.05) is 25.8 Å². The molecule has 1 N–H and O–H groups in total. The first-order valence-corrected chi connectivity index (χ1v) is 12.2. The number of ether oxygens (including phenoxy) is 3. The van der Waals surface area contributed by atoms with Crippen LogP contribution in [-0.4, -0.2) is 55.2 Å². The highest BCUT2D eigenvalue weighted by Gasteiger charge is 2.45. The van der Waals surface area contributed by atoms with Crippen LogP contribution in [0.2, 0.25) is 0 Å². The number of unbranched alkanes of at least 4 members (excludes halogenated alkanes) is 1. The lowest BCUT2D eigenvalue weighted by molar-refractivity contribution is -0.140. The zero-order valence-electron chi connectivity index (χ0n) is 20.8. The van der Waals surface area contributed by atoms with Crippen LogP contribution in [0.1, 0.15) is 56.7 Å². The van der Waals surface area contributed by atoms with Gasteiger partial charge in [-0.1, -0.05) is 44.5 Å². The first kappa shape index (κ1) is 26.3. The van der Waals surface area contributed by atoms with E-state index in [1.807, 2.05) is 31.2 Å². The number of hydrogen-bond donors (Lipinski definition) is 1. The SMILES string of the molecule is CCCCOc1ccc(C2/C(=C(\O)c3cccc(OCCC)c3)C(=O)C(=O)N2CCCOC)cc1. The van der Waals surface area contributed by atoms with Crippen molar-refractivity contribution in [3.8, 4) is 11.5 Å². The predicted octanol–water partition coefficient (Wildman–Crippen LogP) is 5.11. The normalized spacial score (nSPS) is 17.1. The number of Topliss-reactive ketones (excluding diaryl/α,β-unsaturated/α-hetero) is 1. The fourth-order valence-corrected chi connectivity index (χ4v) is 4.03. The van der Waals surface area contributed by atoms with E-state index in [2.05, 4.69) is 6.92 Å². The summed E-state index contributed by atoms with van der Waals surface area (Å²) in [7, 11) is 1.59. The number of carbonyl (C=O) groups is 2. The second-order valence-corrected chi connectivity index (χ2v) is 8.49. The molecule has 0 spiro atoms. The van der Waals surface area contributed by atoms with Crippen molar-refractivity contribution in [2.45, 2.75) is 45.6 Å². The first-order chi connectivity index (χ1) is 17.0. The summed E-state index contributed by atoms with van der Waals surface area (Å²) in [6.45, 7) is 6.06. The van der Waals surface area contributed by atoms with E-state index in [4.69, 9.17) is 14.2 Å².